The molecule has 3 heteroatoms. The Morgan fingerprint density at radius 1 is 1.36 bits per heavy atom. The molecular formula is C11H23NO2. The number of carboxylic acids is 1. The molecule has 84 valence electrons. The third-order valence-electron chi connectivity index (χ3n) is 2.74. The summed E-state index contributed by atoms with van der Waals surface area (Å²) in [5.74, 6) is -0.680. The summed E-state index contributed by atoms with van der Waals surface area (Å²) < 4.78 is 0. The molecule has 0 bridgehead atoms. The number of hydrogen-bond donors (Lipinski definition) is 1. The maximum absolute atomic E-state index is 10.2. The van der Waals surface area contributed by atoms with E-state index in [1.165, 1.54) is 6.42 Å². The van der Waals surface area contributed by atoms with E-state index >= 15 is 0 Å². The van der Waals surface area contributed by atoms with Crippen molar-refractivity contribution in [3.63, 3.8) is 0 Å². The van der Waals surface area contributed by atoms with Crippen LogP contribution in [-0.2, 0) is 4.79 Å². The van der Waals surface area contributed by atoms with Gasteiger partial charge in [-0.25, -0.2) is 0 Å². The van der Waals surface area contributed by atoms with Crippen molar-refractivity contribution in [1.29, 1.82) is 0 Å². The van der Waals surface area contributed by atoms with Crippen LogP contribution in [0.5, 0.6) is 0 Å². The Morgan fingerprint density at radius 3 is 2.50 bits per heavy atom. The summed E-state index contributed by atoms with van der Waals surface area (Å²) in [4.78, 5) is 12.6. The fourth-order valence-corrected chi connectivity index (χ4v) is 1.35. The van der Waals surface area contributed by atoms with Crippen molar-refractivity contribution in [3.8, 4) is 0 Å². The van der Waals surface area contributed by atoms with E-state index in [2.05, 4.69) is 25.8 Å². The van der Waals surface area contributed by atoms with E-state index in [1.54, 1.807) is 0 Å². The average Bonchev–Trinajstić information content (AvgIpc) is 2.15. The van der Waals surface area contributed by atoms with Gasteiger partial charge in [-0.05, 0) is 39.8 Å². The van der Waals surface area contributed by atoms with Crippen molar-refractivity contribution in [2.45, 2.75) is 52.0 Å². The van der Waals surface area contributed by atoms with E-state index in [1.807, 2.05) is 0 Å². The van der Waals surface area contributed by atoms with Gasteiger partial charge in [-0.15, -0.1) is 0 Å². The number of aliphatic carboxylic acids is 1. The monoisotopic (exact) mass is 201 g/mol. The average molecular weight is 201 g/mol. The normalized spacial score (nSPS) is 13.1. The molecule has 0 radical (unpaired) electrons. The second kappa shape index (κ2) is 7.80. The number of rotatable bonds is 8. The van der Waals surface area contributed by atoms with Crippen LogP contribution in [0.15, 0.2) is 0 Å². The minimum atomic E-state index is -0.680. The first-order chi connectivity index (χ1) is 6.57. The van der Waals surface area contributed by atoms with Crippen LogP contribution in [0.2, 0.25) is 0 Å². The molecule has 0 aromatic heterocycles. The molecule has 0 aromatic rings. The first-order valence-corrected chi connectivity index (χ1v) is 5.50. The van der Waals surface area contributed by atoms with Crippen molar-refractivity contribution >= 4 is 5.97 Å². The highest BCUT2D eigenvalue weighted by atomic mass is 16.4. The smallest absolute Gasteiger partial charge is 0.303 e. The molecule has 0 aromatic carbocycles. The molecule has 1 unspecified atom stereocenters. The van der Waals surface area contributed by atoms with Crippen molar-refractivity contribution in [2.75, 3.05) is 13.6 Å². The Hall–Kier alpha value is -0.570. The third kappa shape index (κ3) is 6.89. The minimum absolute atomic E-state index is 0.313. The molecule has 0 amide bonds. The first-order valence-electron chi connectivity index (χ1n) is 5.50. The fraction of sp³-hybridized carbons (Fsp3) is 0.909. The molecule has 3 nitrogen and oxygen atoms in total. The Balaban J connectivity index is 3.31. The van der Waals surface area contributed by atoms with Gasteiger partial charge in [0.1, 0.15) is 0 Å². The van der Waals surface area contributed by atoms with E-state index in [0.29, 0.717) is 12.5 Å². The van der Waals surface area contributed by atoms with Crippen LogP contribution in [-0.4, -0.2) is 35.6 Å². The molecule has 0 aliphatic carbocycles. The van der Waals surface area contributed by atoms with Crippen molar-refractivity contribution in [3.05, 3.63) is 0 Å². The van der Waals surface area contributed by atoms with E-state index in [9.17, 15) is 4.79 Å². The summed E-state index contributed by atoms with van der Waals surface area (Å²) in [6.07, 6.45) is 4.42. The second-order valence-corrected chi connectivity index (χ2v) is 3.94. The van der Waals surface area contributed by atoms with Gasteiger partial charge in [-0.3, -0.25) is 4.79 Å². The van der Waals surface area contributed by atoms with Gasteiger partial charge in [-0.2, -0.15) is 0 Å². The molecule has 0 rings (SSSR count). The topological polar surface area (TPSA) is 40.5 Å². The van der Waals surface area contributed by atoms with Gasteiger partial charge < -0.3 is 10.0 Å². The van der Waals surface area contributed by atoms with Crippen molar-refractivity contribution in [2.24, 2.45) is 0 Å². The van der Waals surface area contributed by atoms with Crippen LogP contribution in [0.4, 0.5) is 0 Å². The van der Waals surface area contributed by atoms with Gasteiger partial charge in [-0.1, -0.05) is 13.3 Å². The zero-order valence-electron chi connectivity index (χ0n) is 9.62. The lowest BCUT2D eigenvalue weighted by molar-refractivity contribution is -0.137. The van der Waals surface area contributed by atoms with E-state index in [0.717, 1.165) is 25.8 Å². The maximum Gasteiger partial charge on any atom is 0.303 e. The SMILES string of the molecule is CCC(C)N(C)CCCCCC(=O)O. The molecule has 14 heavy (non-hydrogen) atoms. The third-order valence-corrected chi connectivity index (χ3v) is 2.74. The molecule has 0 saturated carbocycles. The molecule has 0 aliphatic heterocycles. The van der Waals surface area contributed by atoms with E-state index in [-0.39, 0.29) is 0 Å². The Morgan fingerprint density at radius 2 is 2.00 bits per heavy atom. The van der Waals surface area contributed by atoms with Gasteiger partial charge in [0.2, 0.25) is 0 Å². The number of nitrogens with zero attached hydrogens (tertiary/aromatic N) is 1. The predicted molar refractivity (Wildman–Crippen MR) is 58.5 cm³/mol. The standard InChI is InChI=1S/C11H23NO2/c1-4-10(2)12(3)9-7-5-6-8-11(13)14/h10H,4-9H2,1-3H3,(H,13,14). The molecule has 0 aliphatic rings. The van der Waals surface area contributed by atoms with Crippen LogP contribution in [0.25, 0.3) is 0 Å². The van der Waals surface area contributed by atoms with Crippen LogP contribution in [0.1, 0.15) is 46.0 Å². The Bertz CT molecular complexity index is 159. The van der Waals surface area contributed by atoms with Gasteiger partial charge in [0.15, 0.2) is 0 Å². The first kappa shape index (κ1) is 13.4. The molecule has 1 atom stereocenters. The van der Waals surface area contributed by atoms with E-state index < -0.39 is 5.97 Å². The minimum Gasteiger partial charge on any atom is -0.481 e. The van der Waals surface area contributed by atoms with Gasteiger partial charge in [0.05, 0.1) is 0 Å². The highest BCUT2D eigenvalue weighted by Gasteiger charge is 2.05. The van der Waals surface area contributed by atoms with Crippen molar-refractivity contribution < 1.29 is 9.90 Å². The highest BCUT2D eigenvalue weighted by molar-refractivity contribution is 5.66. The van der Waals surface area contributed by atoms with Gasteiger partial charge in [0.25, 0.3) is 0 Å². The fourth-order valence-electron chi connectivity index (χ4n) is 1.35. The summed E-state index contributed by atoms with van der Waals surface area (Å²) in [5, 5.41) is 8.44. The summed E-state index contributed by atoms with van der Waals surface area (Å²) in [6.45, 7) is 5.48. The zero-order valence-corrected chi connectivity index (χ0v) is 9.62. The van der Waals surface area contributed by atoms with E-state index in [4.69, 9.17) is 5.11 Å². The van der Waals surface area contributed by atoms with Crippen molar-refractivity contribution in [1.82, 2.24) is 4.90 Å². The molecular weight excluding hydrogens is 178 g/mol. The van der Waals surface area contributed by atoms with Crippen LogP contribution in [0, 0.1) is 0 Å². The molecule has 0 saturated heterocycles. The molecule has 0 heterocycles. The maximum atomic E-state index is 10.2. The summed E-state index contributed by atoms with van der Waals surface area (Å²) in [5.41, 5.74) is 0. The molecule has 0 spiro atoms. The summed E-state index contributed by atoms with van der Waals surface area (Å²) in [6, 6.07) is 0.634. The largest absolute Gasteiger partial charge is 0.481 e. The lowest BCUT2D eigenvalue weighted by Crippen LogP contribution is -2.29. The predicted octanol–water partition coefficient (Wildman–Crippen LogP) is 2.36. The van der Waals surface area contributed by atoms with Crippen LogP contribution in [0.3, 0.4) is 0 Å². The van der Waals surface area contributed by atoms with Gasteiger partial charge >= 0.3 is 5.97 Å². The second-order valence-electron chi connectivity index (χ2n) is 3.94. The number of unbranched alkanes of at least 4 members (excludes halogenated alkanes) is 2. The summed E-state index contributed by atoms with van der Waals surface area (Å²) in [7, 11) is 2.13. The molecule has 1 N–H and O–H groups in total. The van der Waals surface area contributed by atoms with Gasteiger partial charge in [0, 0.05) is 12.5 Å². The quantitative estimate of drug-likeness (QED) is 0.613. The summed E-state index contributed by atoms with van der Waals surface area (Å²) >= 11 is 0. The van der Waals surface area contributed by atoms with Crippen LogP contribution >= 0.6 is 0 Å². The lowest BCUT2D eigenvalue weighted by Gasteiger charge is -2.23. The zero-order chi connectivity index (χ0) is 11.0. The molecule has 0 fully saturated rings. The number of carboxylic acid groups (broad SMARTS) is 1. The number of hydrogen-bond acceptors (Lipinski definition) is 2. The number of carbonyl (C=O) groups is 1. The van der Waals surface area contributed by atoms with Crippen LogP contribution < -0.4 is 0 Å². The Kier molecular flexibility index (Phi) is 7.48. The Labute approximate surface area is 87.1 Å². The lowest BCUT2D eigenvalue weighted by atomic mass is 10.1. The highest BCUT2D eigenvalue weighted by Crippen LogP contribution is 2.05.